The summed E-state index contributed by atoms with van der Waals surface area (Å²) in [4.78, 5) is 30.7. The van der Waals surface area contributed by atoms with Crippen LogP contribution in [0.2, 0.25) is 5.02 Å². The summed E-state index contributed by atoms with van der Waals surface area (Å²) < 4.78 is 0. The molecular weight excluding hydrogens is 402 g/mol. The number of nitrogens with one attached hydrogen (secondary N) is 2. The lowest BCUT2D eigenvalue weighted by atomic mass is 10.2. The first kappa shape index (κ1) is 21.9. The van der Waals surface area contributed by atoms with Gasteiger partial charge in [0.2, 0.25) is 0 Å². The van der Waals surface area contributed by atoms with E-state index in [1.165, 1.54) is 5.69 Å². The van der Waals surface area contributed by atoms with Gasteiger partial charge in [-0.3, -0.25) is 14.5 Å². The number of nitrogens with zero attached hydrogens (tertiary/aromatic N) is 3. The molecule has 0 aromatic heterocycles. The van der Waals surface area contributed by atoms with Gasteiger partial charge < -0.3 is 20.4 Å². The monoisotopic (exact) mass is 429 g/mol. The van der Waals surface area contributed by atoms with Crippen LogP contribution in [0.3, 0.4) is 0 Å². The Morgan fingerprint density at radius 3 is 2.17 bits per heavy atom. The van der Waals surface area contributed by atoms with Crippen molar-refractivity contribution in [2.24, 2.45) is 0 Å². The molecule has 2 N–H and O–H groups in total. The molecule has 2 aromatic rings. The number of amides is 2. The second kappa shape index (κ2) is 10.3. The summed E-state index contributed by atoms with van der Waals surface area (Å²) >= 11 is 5.95. The van der Waals surface area contributed by atoms with Crippen LogP contribution in [0.15, 0.2) is 48.5 Å². The van der Waals surface area contributed by atoms with E-state index in [0.717, 1.165) is 36.9 Å². The second-order valence-corrected chi connectivity index (χ2v) is 7.89. The van der Waals surface area contributed by atoms with Gasteiger partial charge in [0.15, 0.2) is 0 Å². The lowest BCUT2D eigenvalue weighted by molar-refractivity contribution is -0.136. The Morgan fingerprint density at radius 1 is 0.933 bits per heavy atom. The van der Waals surface area contributed by atoms with Gasteiger partial charge in [0.1, 0.15) is 0 Å². The van der Waals surface area contributed by atoms with E-state index in [1.807, 2.05) is 55.4 Å². The molecule has 2 aromatic carbocycles. The third-order valence-electron chi connectivity index (χ3n) is 5.13. The number of anilines is 3. The van der Waals surface area contributed by atoms with Crippen molar-refractivity contribution in [2.45, 2.75) is 0 Å². The van der Waals surface area contributed by atoms with Crippen LogP contribution in [0, 0.1) is 0 Å². The summed E-state index contributed by atoms with van der Waals surface area (Å²) in [5.74, 6) is -1.27. The van der Waals surface area contributed by atoms with E-state index in [-0.39, 0.29) is 0 Å². The zero-order valence-corrected chi connectivity index (χ0v) is 18.2. The zero-order chi connectivity index (χ0) is 21.5. The van der Waals surface area contributed by atoms with Gasteiger partial charge in [-0.1, -0.05) is 11.6 Å². The van der Waals surface area contributed by atoms with Gasteiger partial charge in [0.05, 0.1) is 0 Å². The number of carbonyl (C=O) groups excluding carboxylic acids is 2. The lowest BCUT2D eigenvalue weighted by Crippen LogP contribution is -2.49. The van der Waals surface area contributed by atoms with E-state index in [0.29, 0.717) is 18.8 Å². The first-order valence-electron chi connectivity index (χ1n) is 10.0. The van der Waals surface area contributed by atoms with Crippen LogP contribution in [-0.2, 0) is 9.59 Å². The summed E-state index contributed by atoms with van der Waals surface area (Å²) in [7, 11) is 3.89. The average molecular weight is 430 g/mol. The van der Waals surface area contributed by atoms with Crippen molar-refractivity contribution in [3.05, 3.63) is 53.6 Å². The normalized spacial score (nSPS) is 14.3. The summed E-state index contributed by atoms with van der Waals surface area (Å²) in [6.45, 7) is 4.79. The molecule has 1 aliphatic heterocycles. The molecule has 1 saturated heterocycles. The number of hydrogen-bond acceptors (Lipinski definition) is 5. The van der Waals surface area contributed by atoms with Gasteiger partial charge in [-0.25, -0.2) is 0 Å². The minimum atomic E-state index is -0.653. The SMILES string of the molecule is CN(C)c1ccc(NC(=O)C(=O)NCCN2CCN(c3ccc(Cl)cc3)CC2)cc1. The van der Waals surface area contributed by atoms with Crippen LogP contribution in [0.5, 0.6) is 0 Å². The number of hydrogen-bond donors (Lipinski definition) is 2. The van der Waals surface area contributed by atoms with Crippen molar-refractivity contribution < 1.29 is 9.59 Å². The van der Waals surface area contributed by atoms with Crippen LogP contribution in [0.4, 0.5) is 17.1 Å². The molecule has 0 saturated carbocycles. The molecule has 0 spiro atoms. The Labute approximate surface area is 182 Å². The van der Waals surface area contributed by atoms with Gasteiger partial charge >= 0.3 is 11.8 Å². The van der Waals surface area contributed by atoms with Gasteiger partial charge in [-0.15, -0.1) is 0 Å². The maximum atomic E-state index is 12.1. The third kappa shape index (κ3) is 6.11. The van der Waals surface area contributed by atoms with Crippen molar-refractivity contribution in [1.82, 2.24) is 10.2 Å². The van der Waals surface area contributed by atoms with E-state index < -0.39 is 11.8 Å². The molecule has 1 aliphatic rings. The van der Waals surface area contributed by atoms with Crippen LogP contribution >= 0.6 is 11.6 Å². The van der Waals surface area contributed by atoms with E-state index in [9.17, 15) is 9.59 Å². The minimum absolute atomic E-state index is 0.437. The molecule has 1 heterocycles. The Balaban J connectivity index is 1.36. The first-order valence-corrected chi connectivity index (χ1v) is 10.4. The molecule has 7 nitrogen and oxygen atoms in total. The minimum Gasteiger partial charge on any atom is -0.378 e. The molecule has 0 atom stereocenters. The summed E-state index contributed by atoms with van der Waals surface area (Å²) in [5, 5.41) is 6.06. The van der Waals surface area contributed by atoms with Crippen LogP contribution < -0.4 is 20.4 Å². The number of rotatable bonds is 6. The molecule has 0 bridgehead atoms. The summed E-state index contributed by atoms with van der Waals surface area (Å²) in [6, 6.07) is 15.2. The van der Waals surface area contributed by atoms with E-state index in [1.54, 1.807) is 12.1 Å². The molecule has 0 aliphatic carbocycles. The Hall–Kier alpha value is -2.77. The second-order valence-electron chi connectivity index (χ2n) is 7.46. The predicted octanol–water partition coefficient (Wildman–Crippen LogP) is 2.28. The van der Waals surface area contributed by atoms with Crippen molar-refractivity contribution >= 4 is 40.5 Å². The molecule has 8 heteroatoms. The number of benzene rings is 2. The molecule has 3 rings (SSSR count). The van der Waals surface area contributed by atoms with Crippen LogP contribution in [0.1, 0.15) is 0 Å². The third-order valence-corrected chi connectivity index (χ3v) is 5.38. The standard InChI is InChI=1S/C22H28ClN5O2/c1-26(2)19-9-5-18(6-10-19)25-22(30)21(29)24-11-12-27-13-15-28(16-14-27)20-7-3-17(23)4-8-20/h3-10H,11-16H2,1-2H3,(H,24,29)(H,25,30). The quantitative estimate of drug-likeness (QED) is 0.689. The Bertz CT molecular complexity index is 847. The Kier molecular flexibility index (Phi) is 7.54. The fraction of sp³-hybridized carbons (Fsp3) is 0.364. The number of piperazine rings is 1. The first-order chi connectivity index (χ1) is 14.4. The topological polar surface area (TPSA) is 67.9 Å². The zero-order valence-electron chi connectivity index (χ0n) is 17.4. The van der Waals surface area contributed by atoms with Crippen molar-refractivity contribution in [2.75, 3.05) is 68.5 Å². The molecule has 1 fully saturated rings. The lowest BCUT2D eigenvalue weighted by Gasteiger charge is -2.36. The molecular formula is C22H28ClN5O2. The fourth-order valence-corrected chi connectivity index (χ4v) is 3.45. The highest BCUT2D eigenvalue weighted by Crippen LogP contribution is 2.19. The smallest absolute Gasteiger partial charge is 0.313 e. The number of halogens is 1. The van der Waals surface area contributed by atoms with Gasteiger partial charge in [-0.2, -0.15) is 0 Å². The highest BCUT2D eigenvalue weighted by molar-refractivity contribution is 6.39. The largest absolute Gasteiger partial charge is 0.378 e. The molecule has 30 heavy (non-hydrogen) atoms. The van der Waals surface area contributed by atoms with Gasteiger partial charge in [-0.05, 0) is 48.5 Å². The molecule has 0 unspecified atom stereocenters. The van der Waals surface area contributed by atoms with E-state index in [4.69, 9.17) is 11.6 Å². The maximum absolute atomic E-state index is 12.1. The van der Waals surface area contributed by atoms with Crippen LogP contribution in [-0.4, -0.2) is 70.1 Å². The van der Waals surface area contributed by atoms with Crippen molar-refractivity contribution in [1.29, 1.82) is 0 Å². The van der Waals surface area contributed by atoms with Gasteiger partial charge in [0, 0.05) is 75.4 Å². The summed E-state index contributed by atoms with van der Waals surface area (Å²) in [5.41, 5.74) is 2.79. The highest BCUT2D eigenvalue weighted by atomic mass is 35.5. The molecule has 2 amide bonds. The fourth-order valence-electron chi connectivity index (χ4n) is 3.32. The molecule has 160 valence electrons. The molecule has 0 radical (unpaired) electrons. The van der Waals surface area contributed by atoms with E-state index >= 15 is 0 Å². The van der Waals surface area contributed by atoms with Crippen molar-refractivity contribution in [3.8, 4) is 0 Å². The van der Waals surface area contributed by atoms with Gasteiger partial charge in [0.25, 0.3) is 0 Å². The average Bonchev–Trinajstić information content (AvgIpc) is 2.75. The Morgan fingerprint density at radius 2 is 1.57 bits per heavy atom. The highest BCUT2D eigenvalue weighted by Gasteiger charge is 2.18. The summed E-state index contributed by atoms with van der Waals surface area (Å²) in [6.07, 6.45) is 0. The van der Waals surface area contributed by atoms with Crippen LogP contribution in [0.25, 0.3) is 0 Å². The predicted molar refractivity (Wildman–Crippen MR) is 123 cm³/mol. The maximum Gasteiger partial charge on any atom is 0.313 e. The van der Waals surface area contributed by atoms with E-state index in [2.05, 4.69) is 20.4 Å². The number of carbonyl (C=O) groups is 2. The van der Waals surface area contributed by atoms with Crippen molar-refractivity contribution in [3.63, 3.8) is 0 Å².